The van der Waals surface area contributed by atoms with Gasteiger partial charge in [0, 0.05) is 45.1 Å². The number of piperidine rings is 1. The Morgan fingerprint density at radius 2 is 1.93 bits per heavy atom. The molecule has 9 heteroatoms. The van der Waals surface area contributed by atoms with E-state index in [2.05, 4.69) is 30.3 Å². The van der Waals surface area contributed by atoms with Crippen molar-refractivity contribution < 1.29 is 4.79 Å². The van der Waals surface area contributed by atoms with Crippen molar-refractivity contribution in [2.24, 2.45) is 0 Å². The third kappa shape index (κ3) is 4.56. The number of hydrogen-bond donors (Lipinski definition) is 1. The number of rotatable bonds is 6. The predicted octanol–water partition coefficient (Wildman–Crippen LogP) is 2.04. The zero-order valence-corrected chi connectivity index (χ0v) is 17.3. The maximum atomic E-state index is 12.7. The molecule has 0 spiro atoms. The largest absolute Gasteiger partial charge is 0.347 e. The number of anilines is 2. The molecular weight excluding hydrogens is 380 g/mol. The molecule has 2 aromatic heterocycles. The number of carbonyl (C=O) groups is 1. The van der Waals surface area contributed by atoms with Crippen molar-refractivity contribution in [1.82, 2.24) is 30.0 Å². The van der Waals surface area contributed by atoms with E-state index in [-0.39, 0.29) is 12.5 Å². The van der Waals surface area contributed by atoms with Gasteiger partial charge in [-0.2, -0.15) is 20.1 Å². The smallest absolute Gasteiger partial charge is 0.251 e. The van der Waals surface area contributed by atoms with Crippen molar-refractivity contribution in [3.05, 3.63) is 54.1 Å². The van der Waals surface area contributed by atoms with Crippen molar-refractivity contribution in [1.29, 1.82) is 0 Å². The zero-order chi connectivity index (χ0) is 20.9. The molecule has 0 saturated carbocycles. The van der Waals surface area contributed by atoms with E-state index in [0.717, 1.165) is 31.6 Å². The average molecular weight is 406 g/mol. The number of aromatic nitrogens is 5. The van der Waals surface area contributed by atoms with Crippen LogP contribution < -0.4 is 15.1 Å². The third-order valence-electron chi connectivity index (χ3n) is 4.98. The van der Waals surface area contributed by atoms with Crippen LogP contribution in [0.1, 0.15) is 35.4 Å². The quantitative estimate of drug-likeness (QED) is 0.670. The first-order valence-electron chi connectivity index (χ1n) is 10.2. The SMILES string of the molecule is CN(C)c1nc(CNC(=O)c2cccc(-n3cccn3)c2)nc(N2CCCCC2)n1. The minimum Gasteiger partial charge on any atom is -0.347 e. The first kappa shape index (κ1) is 19.8. The van der Waals surface area contributed by atoms with Crippen LogP contribution in [-0.2, 0) is 6.54 Å². The molecule has 1 fully saturated rings. The first-order valence-corrected chi connectivity index (χ1v) is 10.2. The second-order valence-electron chi connectivity index (χ2n) is 7.48. The molecule has 1 amide bonds. The molecule has 3 heterocycles. The van der Waals surface area contributed by atoms with E-state index in [1.165, 1.54) is 6.42 Å². The minimum absolute atomic E-state index is 0.185. The van der Waals surface area contributed by atoms with E-state index >= 15 is 0 Å². The lowest BCUT2D eigenvalue weighted by Crippen LogP contribution is -2.33. The molecule has 1 aliphatic rings. The summed E-state index contributed by atoms with van der Waals surface area (Å²) >= 11 is 0. The van der Waals surface area contributed by atoms with Gasteiger partial charge in [-0.15, -0.1) is 0 Å². The summed E-state index contributed by atoms with van der Waals surface area (Å²) in [5.74, 6) is 1.63. The second kappa shape index (κ2) is 8.89. The highest BCUT2D eigenvalue weighted by Crippen LogP contribution is 2.18. The lowest BCUT2D eigenvalue weighted by Gasteiger charge is -2.27. The number of hydrogen-bond acceptors (Lipinski definition) is 7. The van der Waals surface area contributed by atoms with E-state index in [4.69, 9.17) is 0 Å². The monoisotopic (exact) mass is 406 g/mol. The molecule has 1 aliphatic heterocycles. The fraction of sp³-hybridized carbons (Fsp3) is 0.381. The molecule has 0 atom stereocenters. The Hall–Kier alpha value is -3.49. The van der Waals surface area contributed by atoms with E-state index in [0.29, 0.717) is 23.3 Å². The molecule has 1 saturated heterocycles. The van der Waals surface area contributed by atoms with Gasteiger partial charge >= 0.3 is 0 Å². The standard InChI is InChI=1S/C21H26N8O/c1-27(2)20-24-18(25-21(26-20)28-11-4-3-5-12-28)15-22-19(30)16-8-6-9-17(14-16)29-13-7-10-23-29/h6-10,13-14H,3-5,11-12,15H2,1-2H3,(H,22,30). The molecule has 0 bridgehead atoms. The number of benzene rings is 1. The van der Waals surface area contributed by atoms with Crippen LogP contribution in [0.3, 0.4) is 0 Å². The summed E-state index contributed by atoms with van der Waals surface area (Å²) in [4.78, 5) is 30.5. The molecule has 0 radical (unpaired) electrons. The van der Waals surface area contributed by atoms with Crippen molar-refractivity contribution in [2.75, 3.05) is 37.0 Å². The summed E-state index contributed by atoms with van der Waals surface area (Å²) in [7, 11) is 3.80. The third-order valence-corrected chi connectivity index (χ3v) is 4.98. The first-order chi connectivity index (χ1) is 14.6. The van der Waals surface area contributed by atoms with Crippen LogP contribution in [0, 0.1) is 0 Å². The highest BCUT2D eigenvalue weighted by atomic mass is 16.1. The van der Waals surface area contributed by atoms with Crippen molar-refractivity contribution in [3.63, 3.8) is 0 Å². The van der Waals surface area contributed by atoms with Gasteiger partial charge in [0.1, 0.15) is 0 Å². The van der Waals surface area contributed by atoms with Gasteiger partial charge in [0.15, 0.2) is 5.82 Å². The van der Waals surface area contributed by atoms with E-state index in [1.54, 1.807) is 23.0 Å². The predicted molar refractivity (Wildman–Crippen MR) is 115 cm³/mol. The summed E-state index contributed by atoms with van der Waals surface area (Å²) in [6.45, 7) is 2.13. The van der Waals surface area contributed by atoms with Gasteiger partial charge in [-0.3, -0.25) is 4.79 Å². The molecule has 1 aromatic carbocycles. The van der Waals surface area contributed by atoms with Crippen molar-refractivity contribution in [2.45, 2.75) is 25.8 Å². The van der Waals surface area contributed by atoms with Crippen LogP contribution in [0.15, 0.2) is 42.7 Å². The highest BCUT2D eigenvalue weighted by Gasteiger charge is 2.17. The molecule has 1 N–H and O–H groups in total. The van der Waals surface area contributed by atoms with Gasteiger partial charge in [-0.1, -0.05) is 6.07 Å². The van der Waals surface area contributed by atoms with Crippen molar-refractivity contribution in [3.8, 4) is 5.69 Å². The van der Waals surface area contributed by atoms with Gasteiger partial charge in [0.25, 0.3) is 5.91 Å². The molecule has 4 rings (SSSR count). The normalized spacial score (nSPS) is 13.9. The van der Waals surface area contributed by atoms with Crippen LogP contribution >= 0.6 is 0 Å². The topological polar surface area (TPSA) is 92.1 Å². The Bertz CT molecular complexity index is 996. The number of carbonyl (C=O) groups excluding carboxylic acids is 1. The number of nitrogens with zero attached hydrogens (tertiary/aromatic N) is 7. The zero-order valence-electron chi connectivity index (χ0n) is 17.3. The van der Waals surface area contributed by atoms with Crippen LogP contribution in [-0.4, -0.2) is 57.8 Å². The van der Waals surface area contributed by atoms with Gasteiger partial charge in [0.05, 0.1) is 12.2 Å². The lowest BCUT2D eigenvalue weighted by atomic mass is 10.1. The molecule has 30 heavy (non-hydrogen) atoms. The fourth-order valence-electron chi connectivity index (χ4n) is 3.38. The maximum Gasteiger partial charge on any atom is 0.251 e. The van der Waals surface area contributed by atoms with Crippen LogP contribution in [0.25, 0.3) is 5.69 Å². The number of amides is 1. The van der Waals surface area contributed by atoms with Crippen LogP contribution in [0.4, 0.5) is 11.9 Å². The van der Waals surface area contributed by atoms with E-state index in [1.807, 2.05) is 43.4 Å². The Balaban J connectivity index is 1.49. The van der Waals surface area contributed by atoms with E-state index < -0.39 is 0 Å². The van der Waals surface area contributed by atoms with Gasteiger partial charge < -0.3 is 15.1 Å². The molecule has 0 aliphatic carbocycles. The maximum absolute atomic E-state index is 12.7. The summed E-state index contributed by atoms with van der Waals surface area (Å²) in [6, 6.07) is 9.17. The number of nitrogens with one attached hydrogen (secondary N) is 1. The van der Waals surface area contributed by atoms with Crippen LogP contribution in [0.5, 0.6) is 0 Å². The van der Waals surface area contributed by atoms with Crippen LogP contribution in [0.2, 0.25) is 0 Å². The summed E-state index contributed by atoms with van der Waals surface area (Å²) < 4.78 is 1.72. The Labute approximate surface area is 175 Å². The Morgan fingerprint density at radius 3 is 2.67 bits per heavy atom. The molecule has 156 valence electrons. The van der Waals surface area contributed by atoms with Gasteiger partial charge in [0.2, 0.25) is 11.9 Å². The molecule has 3 aromatic rings. The Morgan fingerprint density at radius 1 is 1.10 bits per heavy atom. The summed E-state index contributed by atoms with van der Waals surface area (Å²) in [6.07, 6.45) is 7.06. The van der Waals surface area contributed by atoms with E-state index in [9.17, 15) is 4.79 Å². The fourth-order valence-corrected chi connectivity index (χ4v) is 3.38. The lowest BCUT2D eigenvalue weighted by molar-refractivity contribution is 0.0950. The van der Waals surface area contributed by atoms with Gasteiger partial charge in [-0.05, 0) is 43.5 Å². The molecular formula is C21H26N8O. The minimum atomic E-state index is -0.185. The molecule has 0 unspecified atom stereocenters. The van der Waals surface area contributed by atoms with Crippen molar-refractivity contribution >= 4 is 17.8 Å². The summed E-state index contributed by atoms with van der Waals surface area (Å²) in [5.41, 5.74) is 1.39. The second-order valence-corrected chi connectivity index (χ2v) is 7.48. The molecule has 9 nitrogen and oxygen atoms in total. The highest BCUT2D eigenvalue weighted by molar-refractivity contribution is 5.94. The Kier molecular flexibility index (Phi) is 5.87. The summed E-state index contributed by atoms with van der Waals surface area (Å²) in [5, 5.41) is 7.14. The average Bonchev–Trinajstić information content (AvgIpc) is 3.33. The van der Waals surface area contributed by atoms with Gasteiger partial charge in [-0.25, -0.2) is 4.68 Å².